The van der Waals surface area contributed by atoms with Crippen LogP contribution in [0.5, 0.6) is 5.75 Å². The maximum atomic E-state index is 12.4. The van der Waals surface area contributed by atoms with Gasteiger partial charge in [0.25, 0.3) is 0 Å². The van der Waals surface area contributed by atoms with E-state index in [0.29, 0.717) is 5.76 Å². The lowest BCUT2D eigenvalue weighted by molar-refractivity contribution is 0.0924. The number of Topliss-reactive ketones (excluding diaryl/α,β-unsaturated/α-hetero) is 1. The Hall–Kier alpha value is -2.03. The molecular formula is C16H16O3. The molecule has 1 heterocycles. The van der Waals surface area contributed by atoms with Crippen LogP contribution in [0.25, 0.3) is 0 Å². The number of hydrogen-bond acceptors (Lipinski definition) is 3. The molecule has 0 amide bonds. The zero-order chi connectivity index (χ0) is 13.6. The number of phenols is 1. The number of benzene rings is 1. The molecule has 1 aromatic heterocycles. The predicted octanol–water partition coefficient (Wildman–Crippen LogP) is 3.61. The van der Waals surface area contributed by atoms with Crippen LogP contribution in [0.4, 0.5) is 0 Å². The van der Waals surface area contributed by atoms with E-state index >= 15 is 0 Å². The zero-order valence-corrected chi connectivity index (χ0v) is 11.0. The van der Waals surface area contributed by atoms with Crippen LogP contribution >= 0.6 is 0 Å². The van der Waals surface area contributed by atoms with Crippen LogP contribution in [-0.4, -0.2) is 10.9 Å². The van der Waals surface area contributed by atoms with E-state index in [1.165, 1.54) is 6.26 Å². The van der Waals surface area contributed by atoms with E-state index in [-0.39, 0.29) is 28.8 Å². The second-order valence-corrected chi connectivity index (χ2v) is 5.68. The molecule has 1 fully saturated rings. The van der Waals surface area contributed by atoms with Gasteiger partial charge in [-0.25, -0.2) is 0 Å². The summed E-state index contributed by atoms with van der Waals surface area (Å²) in [5, 5.41) is 9.95. The lowest BCUT2D eigenvalue weighted by atomic mass is 10.0. The predicted molar refractivity (Wildman–Crippen MR) is 71.2 cm³/mol. The van der Waals surface area contributed by atoms with Crippen molar-refractivity contribution in [3.63, 3.8) is 0 Å². The molecule has 0 unspecified atom stereocenters. The fourth-order valence-electron chi connectivity index (χ4n) is 3.03. The Bertz CT molecular complexity index is 611. The van der Waals surface area contributed by atoms with Crippen LogP contribution in [0.15, 0.2) is 47.1 Å². The van der Waals surface area contributed by atoms with Crippen molar-refractivity contribution < 1.29 is 14.3 Å². The number of furan rings is 1. The molecule has 0 spiro atoms. The molecule has 3 nitrogen and oxygen atoms in total. The topological polar surface area (TPSA) is 50.4 Å². The maximum Gasteiger partial charge on any atom is 0.202 e. The highest BCUT2D eigenvalue weighted by Crippen LogP contribution is 2.66. The molecule has 3 heteroatoms. The number of para-hydroxylation sites is 1. The van der Waals surface area contributed by atoms with Crippen LogP contribution in [-0.2, 0) is 0 Å². The zero-order valence-electron chi connectivity index (χ0n) is 11.0. The minimum Gasteiger partial charge on any atom is -0.508 e. The summed E-state index contributed by atoms with van der Waals surface area (Å²) in [5.41, 5.74) is 0.695. The van der Waals surface area contributed by atoms with Crippen LogP contribution < -0.4 is 0 Å². The summed E-state index contributed by atoms with van der Waals surface area (Å²) < 4.78 is 5.19. The largest absolute Gasteiger partial charge is 0.508 e. The van der Waals surface area contributed by atoms with Gasteiger partial charge in [-0.05, 0) is 29.2 Å². The Morgan fingerprint density at radius 1 is 1.21 bits per heavy atom. The first-order chi connectivity index (χ1) is 9.03. The third-order valence-electron chi connectivity index (χ3n) is 4.15. The minimum atomic E-state index is -0.150. The Morgan fingerprint density at radius 3 is 2.58 bits per heavy atom. The van der Waals surface area contributed by atoms with Gasteiger partial charge in [-0.3, -0.25) is 4.79 Å². The molecule has 1 aromatic carbocycles. The van der Waals surface area contributed by atoms with Crippen molar-refractivity contribution in [1.29, 1.82) is 0 Å². The summed E-state index contributed by atoms with van der Waals surface area (Å²) in [6.45, 7) is 4.10. The third-order valence-corrected chi connectivity index (χ3v) is 4.15. The molecular weight excluding hydrogens is 240 g/mol. The maximum absolute atomic E-state index is 12.4. The second kappa shape index (κ2) is 3.98. The molecule has 2 atom stereocenters. The fourth-order valence-corrected chi connectivity index (χ4v) is 3.03. The monoisotopic (exact) mass is 256 g/mol. The molecule has 0 saturated heterocycles. The average molecular weight is 256 g/mol. The van der Waals surface area contributed by atoms with Gasteiger partial charge in [-0.1, -0.05) is 32.0 Å². The number of rotatable bonds is 3. The van der Waals surface area contributed by atoms with Gasteiger partial charge in [0.05, 0.1) is 6.26 Å². The quantitative estimate of drug-likeness (QED) is 0.853. The number of carbonyl (C=O) groups is 1. The SMILES string of the molecule is CC1(C)[C@@H](C(=O)c2ccco2)[C@@H]1c1ccccc1O. The van der Waals surface area contributed by atoms with Crippen LogP contribution in [0.3, 0.4) is 0 Å². The first-order valence-electron chi connectivity index (χ1n) is 6.39. The molecule has 0 aliphatic heterocycles. The normalized spacial score (nSPS) is 24.1. The number of phenolic OH excluding ortho intramolecular Hbond substituents is 1. The Labute approximate surface area is 111 Å². The summed E-state index contributed by atoms with van der Waals surface area (Å²) >= 11 is 0. The van der Waals surface area contributed by atoms with Crippen LogP contribution in [0.1, 0.15) is 35.9 Å². The lowest BCUT2D eigenvalue weighted by Crippen LogP contribution is -2.05. The summed E-state index contributed by atoms with van der Waals surface area (Å²) in [6, 6.07) is 10.6. The number of hydrogen-bond donors (Lipinski definition) is 1. The van der Waals surface area contributed by atoms with E-state index in [4.69, 9.17) is 4.42 Å². The van der Waals surface area contributed by atoms with Crippen LogP contribution in [0.2, 0.25) is 0 Å². The van der Waals surface area contributed by atoms with E-state index < -0.39 is 0 Å². The molecule has 1 saturated carbocycles. The van der Waals surface area contributed by atoms with E-state index in [9.17, 15) is 9.90 Å². The Kier molecular flexibility index (Phi) is 2.52. The summed E-state index contributed by atoms with van der Waals surface area (Å²) in [6.07, 6.45) is 1.51. The van der Waals surface area contributed by atoms with Gasteiger partial charge in [0, 0.05) is 11.8 Å². The van der Waals surface area contributed by atoms with Crippen molar-refractivity contribution in [3.8, 4) is 5.75 Å². The molecule has 1 N–H and O–H groups in total. The van der Waals surface area contributed by atoms with Crippen molar-refractivity contribution in [2.24, 2.45) is 11.3 Å². The number of aromatic hydroxyl groups is 1. The smallest absolute Gasteiger partial charge is 0.202 e. The molecule has 98 valence electrons. The summed E-state index contributed by atoms with van der Waals surface area (Å²) in [4.78, 5) is 12.4. The highest BCUT2D eigenvalue weighted by molar-refractivity contribution is 5.99. The Morgan fingerprint density at radius 2 is 1.95 bits per heavy atom. The second-order valence-electron chi connectivity index (χ2n) is 5.68. The molecule has 0 bridgehead atoms. The molecule has 3 rings (SSSR count). The third kappa shape index (κ3) is 1.77. The van der Waals surface area contributed by atoms with Crippen molar-refractivity contribution in [2.75, 3.05) is 0 Å². The molecule has 19 heavy (non-hydrogen) atoms. The molecule has 2 aromatic rings. The molecule has 0 radical (unpaired) electrons. The number of carbonyl (C=O) groups excluding carboxylic acids is 1. The van der Waals surface area contributed by atoms with Gasteiger partial charge in [-0.15, -0.1) is 0 Å². The molecule has 1 aliphatic carbocycles. The van der Waals surface area contributed by atoms with E-state index in [1.54, 1.807) is 24.3 Å². The van der Waals surface area contributed by atoms with Gasteiger partial charge < -0.3 is 9.52 Å². The van der Waals surface area contributed by atoms with Gasteiger partial charge in [-0.2, -0.15) is 0 Å². The van der Waals surface area contributed by atoms with Crippen LogP contribution in [0, 0.1) is 11.3 Å². The van der Waals surface area contributed by atoms with Crippen molar-refractivity contribution in [1.82, 2.24) is 0 Å². The average Bonchev–Trinajstić information content (AvgIpc) is 2.80. The van der Waals surface area contributed by atoms with Crippen molar-refractivity contribution in [2.45, 2.75) is 19.8 Å². The standard InChI is InChI=1S/C16H16O3/c1-16(2)13(10-6-3-4-7-11(10)17)14(16)15(18)12-8-5-9-19-12/h3-9,13-14,17H,1-2H3/t13-,14+/m0/s1. The van der Waals surface area contributed by atoms with Gasteiger partial charge in [0.2, 0.25) is 5.78 Å². The molecule has 1 aliphatic rings. The first kappa shape index (κ1) is 12.0. The first-order valence-corrected chi connectivity index (χ1v) is 6.39. The minimum absolute atomic E-state index is 0.0169. The summed E-state index contributed by atoms with van der Waals surface area (Å²) in [5.74, 6) is 0.591. The van der Waals surface area contributed by atoms with Gasteiger partial charge >= 0.3 is 0 Å². The Balaban J connectivity index is 1.93. The van der Waals surface area contributed by atoms with Gasteiger partial charge in [0.15, 0.2) is 5.76 Å². The lowest BCUT2D eigenvalue weighted by Gasteiger charge is -2.04. The fraction of sp³-hybridized carbons (Fsp3) is 0.312. The van der Waals surface area contributed by atoms with E-state index in [0.717, 1.165) is 5.56 Å². The summed E-state index contributed by atoms with van der Waals surface area (Å²) in [7, 11) is 0. The van der Waals surface area contributed by atoms with Gasteiger partial charge in [0.1, 0.15) is 5.75 Å². The van der Waals surface area contributed by atoms with E-state index in [2.05, 4.69) is 13.8 Å². The van der Waals surface area contributed by atoms with Crippen molar-refractivity contribution >= 4 is 5.78 Å². The number of ketones is 1. The highest BCUT2D eigenvalue weighted by Gasteiger charge is 2.63. The van der Waals surface area contributed by atoms with E-state index in [1.807, 2.05) is 12.1 Å². The van der Waals surface area contributed by atoms with Crippen molar-refractivity contribution in [3.05, 3.63) is 54.0 Å². The highest BCUT2D eigenvalue weighted by atomic mass is 16.3.